The van der Waals surface area contributed by atoms with Crippen molar-refractivity contribution in [2.24, 2.45) is 0 Å². The van der Waals surface area contributed by atoms with E-state index in [1.54, 1.807) is 0 Å². The van der Waals surface area contributed by atoms with E-state index in [1.165, 1.54) is 5.69 Å². The van der Waals surface area contributed by atoms with Crippen LogP contribution in [-0.2, 0) is 6.54 Å². The molecule has 1 unspecified atom stereocenters. The van der Waals surface area contributed by atoms with Gasteiger partial charge in [0.1, 0.15) is 0 Å². The van der Waals surface area contributed by atoms with Crippen molar-refractivity contribution < 1.29 is 0 Å². The number of nitrogens with zero attached hydrogens (tertiary/aromatic N) is 3. The van der Waals surface area contributed by atoms with Crippen molar-refractivity contribution in [1.82, 2.24) is 19.7 Å². The van der Waals surface area contributed by atoms with Crippen molar-refractivity contribution in [3.8, 4) is 0 Å². The zero-order valence-corrected chi connectivity index (χ0v) is 13.7. The monoisotopic (exact) mass is 288 g/mol. The first-order chi connectivity index (χ1) is 10.2. The minimum Gasteiger partial charge on any atom is -0.344 e. The van der Waals surface area contributed by atoms with E-state index in [0.717, 1.165) is 31.6 Å². The lowest BCUT2D eigenvalue weighted by atomic mass is 10.2. The van der Waals surface area contributed by atoms with Crippen LogP contribution in [0, 0.1) is 0 Å². The molecule has 4 heteroatoms. The third-order valence-corrected chi connectivity index (χ3v) is 4.13. The summed E-state index contributed by atoms with van der Waals surface area (Å²) in [6.07, 6.45) is 6.51. The Hall–Kier alpha value is -1.55. The highest BCUT2D eigenvalue weighted by Gasteiger charge is 2.11. The van der Waals surface area contributed by atoms with Gasteiger partial charge in [-0.2, -0.15) is 5.10 Å². The van der Waals surface area contributed by atoms with E-state index < -0.39 is 0 Å². The van der Waals surface area contributed by atoms with Gasteiger partial charge in [-0.05, 0) is 44.5 Å². The molecule has 0 spiro atoms. The Balaban J connectivity index is 2.10. The van der Waals surface area contributed by atoms with Crippen molar-refractivity contribution in [3.05, 3.63) is 42.0 Å². The second kappa shape index (κ2) is 7.46. The molecule has 2 aromatic heterocycles. The first-order valence-electron chi connectivity index (χ1n) is 8.12. The molecule has 1 atom stereocenters. The molecule has 0 aliphatic carbocycles. The SMILES string of the molecule is CCNC(C)c1cccn1Cc1ccn(C(CC)CC)n1. The van der Waals surface area contributed by atoms with Gasteiger partial charge in [0.2, 0.25) is 0 Å². The Morgan fingerprint density at radius 1 is 1.14 bits per heavy atom. The van der Waals surface area contributed by atoms with Crippen LogP contribution in [0.1, 0.15) is 64.0 Å². The predicted octanol–water partition coefficient (Wildman–Crippen LogP) is 3.76. The molecule has 0 saturated heterocycles. The molecule has 0 aromatic carbocycles. The molecule has 2 aromatic rings. The lowest BCUT2D eigenvalue weighted by Crippen LogP contribution is -2.21. The number of hydrogen-bond acceptors (Lipinski definition) is 2. The first kappa shape index (κ1) is 15.8. The average Bonchev–Trinajstić information content (AvgIpc) is 3.11. The summed E-state index contributed by atoms with van der Waals surface area (Å²) >= 11 is 0. The van der Waals surface area contributed by atoms with E-state index in [1.807, 2.05) is 0 Å². The summed E-state index contributed by atoms with van der Waals surface area (Å²) in [5.74, 6) is 0. The van der Waals surface area contributed by atoms with Crippen LogP contribution in [0.5, 0.6) is 0 Å². The molecule has 2 rings (SSSR count). The van der Waals surface area contributed by atoms with E-state index in [0.29, 0.717) is 12.1 Å². The van der Waals surface area contributed by atoms with Crippen molar-refractivity contribution in [3.63, 3.8) is 0 Å². The summed E-state index contributed by atoms with van der Waals surface area (Å²) in [5.41, 5.74) is 2.44. The summed E-state index contributed by atoms with van der Waals surface area (Å²) < 4.78 is 4.40. The minimum atomic E-state index is 0.367. The molecular weight excluding hydrogens is 260 g/mol. The molecule has 21 heavy (non-hydrogen) atoms. The summed E-state index contributed by atoms with van der Waals surface area (Å²) in [7, 11) is 0. The molecule has 0 radical (unpaired) electrons. The summed E-state index contributed by atoms with van der Waals surface area (Å²) in [6, 6.07) is 7.32. The fourth-order valence-electron chi connectivity index (χ4n) is 2.88. The number of nitrogens with one attached hydrogen (secondary N) is 1. The van der Waals surface area contributed by atoms with Crippen LogP contribution in [0.4, 0.5) is 0 Å². The molecular formula is C17H28N4. The van der Waals surface area contributed by atoms with Gasteiger partial charge in [0, 0.05) is 24.1 Å². The normalized spacial score (nSPS) is 13.0. The molecule has 2 heterocycles. The topological polar surface area (TPSA) is 34.8 Å². The maximum absolute atomic E-state index is 4.75. The highest BCUT2D eigenvalue weighted by molar-refractivity contribution is 5.14. The van der Waals surface area contributed by atoms with Gasteiger partial charge < -0.3 is 9.88 Å². The second-order valence-electron chi connectivity index (χ2n) is 5.60. The molecule has 116 valence electrons. The van der Waals surface area contributed by atoms with E-state index >= 15 is 0 Å². The van der Waals surface area contributed by atoms with Gasteiger partial charge in [-0.1, -0.05) is 20.8 Å². The van der Waals surface area contributed by atoms with Crippen LogP contribution < -0.4 is 5.32 Å². The summed E-state index contributed by atoms with van der Waals surface area (Å²) in [5, 5.41) is 8.22. The van der Waals surface area contributed by atoms with Crippen molar-refractivity contribution in [2.75, 3.05) is 6.54 Å². The summed E-state index contributed by atoms with van der Waals surface area (Å²) in [6.45, 7) is 10.6. The van der Waals surface area contributed by atoms with E-state index in [-0.39, 0.29) is 0 Å². The molecule has 1 N–H and O–H groups in total. The second-order valence-corrected chi connectivity index (χ2v) is 5.60. The first-order valence-corrected chi connectivity index (χ1v) is 8.12. The third kappa shape index (κ3) is 3.76. The quantitative estimate of drug-likeness (QED) is 0.802. The summed E-state index contributed by atoms with van der Waals surface area (Å²) in [4.78, 5) is 0. The van der Waals surface area contributed by atoms with Gasteiger partial charge >= 0.3 is 0 Å². The van der Waals surface area contributed by atoms with Crippen molar-refractivity contribution in [2.45, 2.75) is 59.2 Å². The van der Waals surface area contributed by atoms with E-state index in [2.05, 4.69) is 72.9 Å². The van der Waals surface area contributed by atoms with E-state index in [4.69, 9.17) is 5.10 Å². The average molecular weight is 288 g/mol. The van der Waals surface area contributed by atoms with Crippen LogP contribution >= 0.6 is 0 Å². The molecule has 0 bridgehead atoms. The Morgan fingerprint density at radius 3 is 2.57 bits per heavy atom. The highest BCUT2D eigenvalue weighted by Crippen LogP contribution is 2.17. The Kier molecular flexibility index (Phi) is 5.62. The lowest BCUT2D eigenvalue weighted by Gasteiger charge is -2.16. The Bertz CT molecular complexity index is 536. The molecule has 0 aliphatic rings. The zero-order chi connectivity index (χ0) is 15.2. The highest BCUT2D eigenvalue weighted by atomic mass is 15.3. The largest absolute Gasteiger partial charge is 0.344 e. The lowest BCUT2D eigenvalue weighted by molar-refractivity contribution is 0.424. The molecule has 4 nitrogen and oxygen atoms in total. The standard InChI is InChI=1S/C17H28N4/c1-5-16(6-2)21-12-10-15(19-21)13-20-11-8-9-17(20)14(4)18-7-3/h8-12,14,16,18H,5-7,13H2,1-4H3. The minimum absolute atomic E-state index is 0.367. The zero-order valence-electron chi connectivity index (χ0n) is 13.7. The fourth-order valence-corrected chi connectivity index (χ4v) is 2.88. The van der Waals surface area contributed by atoms with E-state index in [9.17, 15) is 0 Å². The van der Waals surface area contributed by atoms with Gasteiger partial charge in [-0.25, -0.2) is 0 Å². The van der Waals surface area contributed by atoms with Crippen LogP contribution in [-0.4, -0.2) is 20.9 Å². The molecule has 0 fully saturated rings. The Morgan fingerprint density at radius 2 is 1.90 bits per heavy atom. The number of rotatable bonds is 8. The number of aromatic nitrogens is 3. The van der Waals surface area contributed by atoms with Gasteiger partial charge in [0.15, 0.2) is 0 Å². The molecule has 0 saturated carbocycles. The van der Waals surface area contributed by atoms with Crippen molar-refractivity contribution >= 4 is 0 Å². The Labute approximate surface area is 128 Å². The maximum atomic E-state index is 4.75. The van der Waals surface area contributed by atoms with Crippen LogP contribution in [0.15, 0.2) is 30.6 Å². The maximum Gasteiger partial charge on any atom is 0.0821 e. The van der Waals surface area contributed by atoms with Gasteiger partial charge in [-0.15, -0.1) is 0 Å². The fraction of sp³-hybridized carbons (Fsp3) is 0.588. The predicted molar refractivity (Wildman–Crippen MR) is 87.5 cm³/mol. The van der Waals surface area contributed by atoms with Crippen molar-refractivity contribution in [1.29, 1.82) is 0 Å². The van der Waals surface area contributed by atoms with Crippen LogP contribution in [0.25, 0.3) is 0 Å². The van der Waals surface area contributed by atoms with Crippen LogP contribution in [0.2, 0.25) is 0 Å². The molecule has 0 aliphatic heterocycles. The number of hydrogen-bond donors (Lipinski definition) is 1. The molecule has 0 amide bonds. The van der Waals surface area contributed by atoms with Gasteiger partial charge in [0.05, 0.1) is 18.3 Å². The smallest absolute Gasteiger partial charge is 0.0821 e. The third-order valence-electron chi connectivity index (χ3n) is 4.13. The van der Waals surface area contributed by atoms with Gasteiger partial charge in [0.25, 0.3) is 0 Å². The van der Waals surface area contributed by atoms with Crippen LogP contribution in [0.3, 0.4) is 0 Å². The van der Waals surface area contributed by atoms with Gasteiger partial charge in [-0.3, -0.25) is 4.68 Å².